The molecule has 0 radical (unpaired) electrons. The zero-order valence-corrected chi connectivity index (χ0v) is 8.23. The Labute approximate surface area is 83.7 Å². The first-order valence-corrected chi connectivity index (χ1v) is 4.93. The van der Waals surface area contributed by atoms with E-state index in [1.807, 2.05) is 13.0 Å². The third-order valence-electron chi connectivity index (χ3n) is 2.63. The number of allylic oxidation sites excluding steroid dienone is 2. The topological polar surface area (TPSA) is 30.0 Å². The van der Waals surface area contributed by atoms with Crippen molar-refractivity contribution in [2.45, 2.75) is 25.7 Å². The van der Waals surface area contributed by atoms with Crippen molar-refractivity contribution in [2.24, 2.45) is 0 Å². The normalized spacial score (nSPS) is 19.9. The van der Waals surface area contributed by atoms with Gasteiger partial charge in [-0.3, -0.25) is 9.78 Å². The van der Waals surface area contributed by atoms with Crippen LogP contribution in [0.15, 0.2) is 30.5 Å². The number of pyridine rings is 1. The van der Waals surface area contributed by atoms with Gasteiger partial charge >= 0.3 is 0 Å². The summed E-state index contributed by atoms with van der Waals surface area (Å²) in [7, 11) is 0. The van der Waals surface area contributed by atoms with Crippen LogP contribution in [0.5, 0.6) is 0 Å². The summed E-state index contributed by atoms with van der Waals surface area (Å²) in [4.78, 5) is 16.0. The van der Waals surface area contributed by atoms with Crippen molar-refractivity contribution in [3.63, 3.8) is 0 Å². The van der Waals surface area contributed by atoms with Gasteiger partial charge in [0.1, 0.15) is 0 Å². The summed E-state index contributed by atoms with van der Waals surface area (Å²) >= 11 is 0. The Kier molecular flexibility index (Phi) is 2.44. The number of fused-ring (bicyclic) bond motifs is 1. The van der Waals surface area contributed by atoms with E-state index in [9.17, 15) is 4.79 Å². The minimum absolute atomic E-state index is 0.00222. The van der Waals surface area contributed by atoms with Crippen LogP contribution in [-0.4, -0.2) is 10.8 Å². The van der Waals surface area contributed by atoms with Crippen LogP contribution >= 0.6 is 0 Å². The number of carbonyl (C=O) groups excluding carboxylic acids is 1. The highest BCUT2D eigenvalue weighted by molar-refractivity contribution is 5.95. The van der Waals surface area contributed by atoms with Gasteiger partial charge in [0.25, 0.3) is 0 Å². The fourth-order valence-corrected chi connectivity index (χ4v) is 1.97. The summed E-state index contributed by atoms with van der Waals surface area (Å²) in [5.41, 5.74) is 2.21. The summed E-state index contributed by atoms with van der Waals surface area (Å²) in [5.74, 6) is 0.187. The number of hydrogen-bond acceptors (Lipinski definition) is 2. The highest BCUT2D eigenvalue weighted by Gasteiger charge is 2.27. The predicted octanol–water partition coefficient (Wildman–Crippen LogP) is 2.26. The predicted molar refractivity (Wildman–Crippen MR) is 55.1 cm³/mol. The van der Waals surface area contributed by atoms with Crippen LogP contribution in [0.1, 0.15) is 30.5 Å². The second kappa shape index (κ2) is 3.74. The molecule has 0 N–H and O–H groups in total. The van der Waals surface area contributed by atoms with Crippen molar-refractivity contribution < 1.29 is 4.79 Å². The zero-order chi connectivity index (χ0) is 9.97. The molecule has 0 bridgehead atoms. The third-order valence-corrected chi connectivity index (χ3v) is 2.63. The lowest BCUT2D eigenvalue weighted by Crippen LogP contribution is -2.07. The third kappa shape index (κ3) is 1.48. The molecule has 1 atom stereocenters. The first-order chi connectivity index (χ1) is 6.83. The van der Waals surface area contributed by atoms with Crippen LogP contribution in [0, 0.1) is 0 Å². The molecule has 1 aliphatic rings. The molecule has 1 aromatic heterocycles. The summed E-state index contributed by atoms with van der Waals surface area (Å²) in [6, 6.07) is 3.99. The van der Waals surface area contributed by atoms with Crippen molar-refractivity contribution in [3.8, 4) is 0 Å². The highest BCUT2D eigenvalue weighted by atomic mass is 16.1. The molecule has 1 heterocycles. The van der Waals surface area contributed by atoms with Crippen molar-refractivity contribution in [3.05, 3.63) is 41.7 Å². The molecule has 1 aliphatic carbocycles. The quantitative estimate of drug-likeness (QED) is 0.665. The van der Waals surface area contributed by atoms with Gasteiger partial charge in [-0.25, -0.2) is 0 Å². The number of nitrogens with zero attached hydrogens (tertiary/aromatic N) is 1. The van der Waals surface area contributed by atoms with E-state index in [4.69, 9.17) is 0 Å². The Morgan fingerprint density at radius 1 is 1.64 bits per heavy atom. The SMILES string of the molecule is C/C=C/C(=O)C1CCc2cccnc21. The molecule has 2 heteroatoms. The highest BCUT2D eigenvalue weighted by Crippen LogP contribution is 2.31. The summed E-state index contributed by atoms with van der Waals surface area (Å²) < 4.78 is 0. The number of hydrogen-bond donors (Lipinski definition) is 0. The molecule has 1 aromatic rings. The molecule has 14 heavy (non-hydrogen) atoms. The van der Waals surface area contributed by atoms with Crippen LogP contribution in [0.25, 0.3) is 0 Å². The molecule has 1 unspecified atom stereocenters. The Balaban J connectivity index is 2.30. The molecule has 0 fully saturated rings. The van der Waals surface area contributed by atoms with Gasteiger partial charge < -0.3 is 0 Å². The van der Waals surface area contributed by atoms with E-state index in [0.717, 1.165) is 18.5 Å². The van der Waals surface area contributed by atoms with Crippen LogP contribution in [0.3, 0.4) is 0 Å². The molecule has 0 aromatic carbocycles. The maximum Gasteiger partial charge on any atom is 0.164 e. The maximum absolute atomic E-state index is 11.7. The summed E-state index contributed by atoms with van der Waals surface area (Å²) in [5, 5.41) is 0. The number of aromatic nitrogens is 1. The average Bonchev–Trinajstić information content (AvgIpc) is 2.61. The second-order valence-electron chi connectivity index (χ2n) is 3.54. The molecule has 0 amide bonds. The number of rotatable bonds is 2. The van der Waals surface area contributed by atoms with E-state index in [1.165, 1.54) is 5.56 Å². The molecule has 72 valence electrons. The lowest BCUT2D eigenvalue weighted by molar-refractivity contribution is -0.116. The standard InChI is InChI=1S/C12H13NO/c1-2-4-11(14)10-7-6-9-5-3-8-13-12(9)10/h2-5,8,10H,6-7H2,1H3/b4-2+. The zero-order valence-electron chi connectivity index (χ0n) is 8.23. The van der Waals surface area contributed by atoms with Crippen LogP contribution in [-0.2, 0) is 11.2 Å². The molecular formula is C12H13NO. The largest absolute Gasteiger partial charge is 0.294 e. The minimum Gasteiger partial charge on any atom is -0.294 e. The lowest BCUT2D eigenvalue weighted by Gasteiger charge is -2.05. The first-order valence-electron chi connectivity index (χ1n) is 4.93. The summed E-state index contributed by atoms with van der Waals surface area (Å²) in [6.45, 7) is 1.87. The number of carbonyl (C=O) groups is 1. The van der Waals surface area contributed by atoms with E-state index in [0.29, 0.717) is 0 Å². The molecule has 2 nitrogen and oxygen atoms in total. The lowest BCUT2D eigenvalue weighted by atomic mass is 10.0. The van der Waals surface area contributed by atoms with Crippen LogP contribution < -0.4 is 0 Å². The van der Waals surface area contributed by atoms with Crippen molar-refractivity contribution in [2.75, 3.05) is 0 Å². The number of aryl methyl sites for hydroxylation is 1. The van der Waals surface area contributed by atoms with Gasteiger partial charge in [0.05, 0.1) is 11.6 Å². The van der Waals surface area contributed by atoms with Crippen LogP contribution in [0.4, 0.5) is 0 Å². The van der Waals surface area contributed by atoms with E-state index >= 15 is 0 Å². The van der Waals surface area contributed by atoms with Gasteiger partial charge in [-0.15, -0.1) is 0 Å². The van der Waals surface area contributed by atoms with E-state index in [2.05, 4.69) is 11.1 Å². The first kappa shape index (κ1) is 9.13. The van der Waals surface area contributed by atoms with E-state index in [-0.39, 0.29) is 11.7 Å². The molecular weight excluding hydrogens is 174 g/mol. The van der Waals surface area contributed by atoms with Gasteiger partial charge in [0, 0.05) is 6.20 Å². The average molecular weight is 187 g/mol. The van der Waals surface area contributed by atoms with E-state index < -0.39 is 0 Å². The van der Waals surface area contributed by atoms with Gasteiger partial charge in [0.2, 0.25) is 0 Å². The molecule has 0 aliphatic heterocycles. The smallest absolute Gasteiger partial charge is 0.164 e. The Morgan fingerprint density at radius 2 is 2.50 bits per heavy atom. The van der Waals surface area contributed by atoms with Gasteiger partial charge in [0.15, 0.2) is 5.78 Å². The molecule has 0 saturated heterocycles. The second-order valence-corrected chi connectivity index (χ2v) is 3.54. The summed E-state index contributed by atoms with van der Waals surface area (Å²) in [6.07, 6.45) is 7.10. The Bertz CT molecular complexity index is 382. The van der Waals surface area contributed by atoms with Crippen molar-refractivity contribution in [1.82, 2.24) is 4.98 Å². The van der Waals surface area contributed by atoms with Crippen molar-refractivity contribution >= 4 is 5.78 Å². The number of ketones is 1. The van der Waals surface area contributed by atoms with Gasteiger partial charge in [-0.05, 0) is 37.5 Å². The molecule has 0 spiro atoms. The van der Waals surface area contributed by atoms with Gasteiger partial charge in [-0.2, -0.15) is 0 Å². The monoisotopic (exact) mass is 187 g/mol. The molecule has 0 saturated carbocycles. The fraction of sp³-hybridized carbons (Fsp3) is 0.333. The molecule has 2 rings (SSSR count). The van der Waals surface area contributed by atoms with E-state index in [1.54, 1.807) is 18.3 Å². The fourth-order valence-electron chi connectivity index (χ4n) is 1.97. The van der Waals surface area contributed by atoms with Crippen LogP contribution in [0.2, 0.25) is 0 Å². The Morgan fingerprint density at radius 3 is 3.29 bits per heavy atom. The van der Waals surface area contributed by atoms with Crippen molar-refractivity contribution in [1.29, 1.82) is 0 Å². The Hall–Kier alpha value is -1.44. The van der Waals surface area contributed by atoms with Gasteiger partial charge in [-0.1, -0.05) is 12.1 Å². The minimum atomic E-state index is 0.00222. The maximum atomic E-state index is 11.7.